The minimum absolute atomic E-state index is 0.0723. The SMILES string of the molecule is O=C(c1cccc2cc[nH]c12)N1CCc2c(cccc2Nc2ccc(C(F)(F)F)c(F)c2)C1. The largest absolute Gasteiger partial charge is 0.419 e. The Morgan fingerprint density at radius 2 is 1.85 bits per heavy atom. The molecule has 0 spiro atoms. The smallest absolute Gasteiger partial charge is 0.361 e. The number of carbonyl (C=O) groups excluding carboxylic acids is 1. The number of fused-ring (bicyclic) bond motifs is 2. The lowest BCUT2D eigenvalue weighted by Crippen LogP contribution is -2.36. The van der Waals surface area contributed by atoms with Gasteiger partial charge in [0, 0.05) is 36.0 Å². The summed E-state index contributed by atoms with van der Waals surface area (Å²) in [5.74, 6) is -1.40. The zero-order chi connectivity index (χ0) is 23.2. The average molecular weight is 453 g/mol. The molecule has 1 amide bonds. The number of hydrogen-bond donors (Lipinski definition) is 2. The Hall–Kier alpha value is -3.81. The third-order valence-corrected chi connectivity index (χ3v) is 5.92. The zero-order valence-corrected chi connectivity index (χ0v) is 17.3. The van der Waals surface area contributed by atoms with E-state index in [2.05, 4.69) is 10.3 Å². The van der Waals surface area contributed by atoms with Crippen LogP contribution in [0.5, 0.6) is 0 Å². The highest BCUT2D eigenvalue weighted by molar-refractivity contribution is 6.05. The van der Waals surface area contributed by atoms with Crippen LogP contribution in [0.1, 0.15) is 27.0 Å². The highest BCUT2D eigenvalue weighted by Gasteiger charge is 2.34. The van der Waals surface area contributed by atoms with E-state index in [9.17, 15) is 22.4 Å². The van der Waals surface area contributed by atoms with E-state index < -0.39 is 17.6 Å². The van der Waals surface area contributed by atoms with Crippen LogP contribution in [0.15, 0.2) is 66.9 Å². The number of hydrogen-bond acceptors (Lipinski definition) is 2. The molecule has 5 rings (SSSR count). The molecule has 0 saturated carbocycles. The van der Waals surface area contributed by atoms with Gasteiger partial charge >= 0.3 is 6.18 Å². The summed E-state index contributed by atoms with van der Waals surface area (Å²) < 4.78 is 52.5. The second-order valence-electron chi connectivity index (χ2n) is 7.98. The highest BCUT2D eigenvalue weighted by atomic mass is 19.4. The van der Waals surface area contributed by atoms with E-state index in [0.717, 1.165) is 34.2 Å². The van der Waals surface area contributed by atoms with Crippen molar-refractivity contribution in [2.75, 3.05) is 11.9 Å². The Bertz CT molecular complexity index is 1360. The first kappa shape index (κ1) is 21.1. The molecule has 1 aromatic heterocycles. The van der Waals surface area contributed by atoms with Gasteiger partial charge in [0.25, 0.3) is 5.91 Å². The highest BCUT2D eigenvalue weighted by Crippen LogP contribution is 2.34. The van der Waals surface area contributed by atoms with Gasteiger partial charge in [0.1, 0.15) is 5.82 Å². The van der Waals surface area contributed by atoms with Crippen molar-refractivity contribution in [2.24, 2.45) is 0 Å². The van der Waals surface area contributed by atoms with Crippen LogP contribution in [0, 0.1) is 5.82 Å². The number of para-hydroxylation sites is 1. The molecule has 0 bridgehead atoms. The quantitative estimate of drug-likeness (QED) is 0.359. The van der Waals surface area contributed by atoms with Crippen LogP contribution < -0.4 is 5.32 Å². The molecule has 0 aliphatic carbocycles. The Labute approximate surface area is 186 Å². The van der Waals surface area contributed by atoms with Gasteiger partial charge in [0.2, 0.25) is 0 Å². The van der Waals surface area contributed by atoms with Crippen LogP contribution in [0.2, 0.25) is 0 Å². The standard InChI is InChI=1S/C25H19F4N3O/c26-21-13-17(7-8-20(21)25(27,28)29)31-22-6-2-4-16-14-32(12-10-18(16)22)24(33)19-5-1-3-15-9-11-30-23(15)19/h1-9,11,13,30-31H,10,12,14H2. The van der Waals surface area contributed by atoms with Gasteiger partial charge in [-0.2, -0.15) is 13.2 Å². The number of alkyl halides is 3. The van der Waals surface area contributed by atoms with Crippen LogP contribution >= 0.6 is 0 Å². The molecule has 0 fully saturated rings. The lowest BCUT2D eigenvalue weighted by molar-refractivity contribution is -0.139. The van der Waals surface area contributed by atoms with Crippen LogP contribution in [-0.2, 0) is 19.1 Å². The van der Waals surface area contributed by atoms with Crippen molar-refractivity contribution >= 4 is 28.2 Å². The Balaban J connectivity index is 1.38. The summed E-state index contributed by atoms with van der Waals surface area (Å²) in [6.45, 7) is 0.894. The van der Waals surface area contributed by atoms with E-state index in [1.165, 1.54) is 6.07 Å². The Morgan fingerprint density at radius 3 is 2.64 bits per heavy atom. The molecule has 8 heteroatoms. The number of rotatable bonds is 3. The Morgan fingerprint density at radius 1 is 1.03 bits per heavy atom. The molecule has 168 valence electrons. The number of carbonyl (C=O) groups is 1. The van der Waals surface area contributed by atoms with Crippen molar-refractivity contribution in [3.63, 3.8) is 0 Å². The summed E-state index contributed by atoms with van der Waals surface area (Å²) in [6, 6.07) is 15.8. The second-order valence-corrected chi connectivity index (χ2v) is 7.98. The number of aromatic amines is 1. The van der Waals surface area contributed by atoms with Gasteiger partial charge in [-0.15, -0.1) is 0 Å². The lowest BCUT2D eigenvalue weighted by Gasteiger charge is -2.30. The van der Waals surface area contributed by atoms with Gasteiger partial charge in [-0.1, -0.05) is 24.3 Å². The molecule has 1 aliphatic rings. The fourth-order valence-corrected chi connectivity index (χ4v) is 4.31. The van der Waals surface area contributed by atoms with E-state index in [4.69, 9.17) is 0 Å². The van der Waals surface area contributed by atoms with Gasteiger partial charge in [-0.05, 0) is 53.9 Å². The second kappa shape index (κ2) is 7.95. The van der Waals surface area contributed by atoms with Crippen LogP contribution in [0.25, 0.3) is 10.9 Å². The van der Waals surface area contributed by atoms with Gasteiger partial charge in [0.15, 0.2) is 0 Å². The minimum Gasteiger partial charge on any atom is -0.361 e. The third kappa shape index (κ3) is 3.92. The summed E-state index contributed by atoms with van der Waals surface area (Å²) in [7, 11) is 0. The van der Waals surface area contributed by atoms with E-state index >= 15 is 0 Å². The molecule has 3 aromatic carbocycles. The minimum atomic E-state index is -4.74. The molecule has 2 heterocycles. The van der Waals surface area contributed by atoms with E-state index in [-0.39, 0.29) is 11.6 Å². The number of nitrogens with zero attached hydrogens (tertiary/aromatic N) is 1. The van der Waals surface area contributed by atoms with Gasteiger partial charge in [-0.25, -0.2) is 4.39 Å². The molecule has 2 N–H and O–H groups in total. The number of aromatic nitrogens is 1. The number of halogens is 4. The van der Waals surface area contributed by atoms with Crippen LogP contribution in [0.3, 0.4) is 0 Å². The molecule has 0 unspecified atom stereocenters. The summed E-state index contributed by atoms with van der Waals surface area (Å²) >= 11 is 0. The molecule has 0 atom stereocenters. The van der Waals surface area contributed by atoms with Crippen molar-refractivity contribution in [1.29, 1.82) is 0 Å². The van der Waals surface area contributed by atoms with E-state index in [1.807, 2.05) is 24.3 Å². The number of benzene rings is 3. The Kier molecular flexibility index (Phi) is 5.08. The van der Waals surface area contributed by atoms with Crippen LogP contribution in [0.4, 0.5) is 28.9 Å². The maximum Gasteiger partial charge on any atom is 0.419 e. The summed E-state index contributed by atoms with van der Waals surface area (Å²) in [5.41, 5.74) is 2.92. The number of amides is 1. The van der Waals surface area contributed by atoms with Crippen molar-refractivity contribution in [3.05, 3.63) is 94.9 Å². The first-order valence-corrected chi connectivity index (χ1v) is 10.4. The molecule has 4 aromatic rings. The van der Waals surface area contributed by atoms with Crippen molar-refractivity contribution in [3.8, 4) is 0 Å². The number of H-pyrrole nitrogens is 1. The normalized spacial score (nSPS) is 13.8. The first-order valence-electron chi connectivity index (χ1n) is 10.4. The third-order valence-electron chi connectivity index (χ3n) is 5.92. The maximum absolute atomic E-state index is 14.0. The monoisotopic (exact) mass is 453 g/mol. The molecule has 1 aliphatic heterocycles. The molecular formula is C25H19F4N3O. The number of anilines is 2. The van der Waals surface area contributed by atoms with Crippen molar-refractivity contribution in [1.82, 2.24) is 9.88 Å². The average Bonchev–Trinajstić information content (AvgIpc) is 3.27. The topological polar surface area (TPSA) is 48.1 Å². The first-order chi connectivity index (χ1) is 15.8. The van der Waals surface area contributed by atoms with Crippen LogP contribution in [-0.4, -0.2) is 22.3 Å². The molecule has 4 nitrogen and oxygen atoms in total. The van der Waals surface area contributed by atoms with E-state index in [0.29, 0.717) is 30.8 Å². The van der Waals surface area contributed by atoms with Crippen molar-refractivity contribution < 1.29 is 22.4 Å². The summed E-state index contributed by atoms with van der Waals surface area (Å²) in [6.07, 6.45) is -2.38. The summed E-state index contributed by atoms with van der Waals surface area (Å²) in [5, 5.41) is 4.00. The molecule has 0 saturated heterocycles. The molecule has 0 radical (unpaired) electrons. The number of nitrogens with one attached hydrogen (secondary N) is 2. The molecule has 33 heavy (non-hydrogen) atoms. The zero-order valence-electron chi connectivity index (χ0n) is 17.3. The van der Waals surface area contributed by atoms with Gasteiger partial charge in [0.05, 0.1) is 16.6 Å². The summed E-state index contributed by atoms with van der Waals surface area (Å²) in [4.78, 5) is 18.1. The fourth-order valence-electron chi connectivity index (χ4n) is 4.31. The predicted octanol–water partition coefficient (Wildman–Crippen LogP) is 6.27. The van der Waals surface area contributed by atoms with Gasteiger partial charge < -0.3 is 15.2 Å². The van der Waals surface area contributed by atoms with Crippen molar-refractivity contribution in [2.45, 2.75) is 19.1 Å². The van der Waals surface area contributed by atoms with Gasteiger partial charge in [-0.3, -0.25) is 4.79 Å². The fraction of sp³-hybridized carbons (Fsp3) is 0.160. The predicted molar refractivity (Wildman–Crippen MR) is 118 cm³/mol. The van der Waals surface area contributed by atoms with E-state index in [1.54, 1.807) is 29.3 Å². The lowest BCUT2D eigenvalue weighted by atomic mass is 9.96. The maximum atomic E-state index is 14.0. The molecular weight excluding hydrogens is 434 g/mol.